The molecule has 0 aliphatic carbocycles. The van der Waals surface area contributed by atoms with Crippen molar-refractivity contribution in [3.8, 4) is 11.5 Å². The third-order valence-electron chi connectivity index (χ3n) is 2.91. The largest absolute Gasteiger partial charge is 0.519 e. The monoisotopic (exact) mass is 301 g/mol. The van der Waals surface area contributed by atoms with Gasteiger partial charge < -0.3 is 9.47 Å². The molecule has 0 atom stereocenters. The number of non-ortho nitro benzene ring substituents is 1. The summed E-state index contributed by atoms with van der Waals surface area (Å²) in [6, 6.07) is 12.3. The number of carbonyl (C=O) groups excluding carboxylic acids is 1. The van der Waals surface area contributed by atoms with Crippen molar-refractivity contribution in [2.75, 3.05) is 0 Å². The van der Waals surface area contributed by atoms with Crippen LogP contribution in [0.3, 0.4) is 0 Å². The molecule has 6 heteroatoms. The molecule has 2 aromatic rings. The first-order valence-electron chi connectivity index (χ1n) is 6.81. The number of hydrogen-bond acceptors (Lipinski definition) is 5. The number of nitro groups is 1. The van der Waals surface area contributed by atoms with E-state index in [2.05, 4.69) is 6.92 Å². The van der Waals surface area contributed by atoms with E-state index in [-0.39, 0.29) is 11.4 Å². The fourth-order valence-corrected chi connectivity index (χ4v) is 1.86. The predicted octanol–water partition coefficient (Wildman–Crippen LogP) is 4.13. The van der Waals surface area contributed by atoms with Crippen LogP contribution in [0.4, 0.5) is 10.5 Å². The molecule has 0 amide bonds. The molecule has 0 saturated heterocycles. The Bertz CT molecular complexity index is 649. The van der Waals surface area contributed by atoms with Crippen LogP contribution < -0.4 is 9.47 Å². The maximum Gasteiger partial charge on any atom is 0.519 e. The highest BCUT2D eigenvalue weighted by molar-refractivity contribution is 5.67. The average molecular weight is 301 g/mol. The molecule has 0 aromatic heterocycles. The lowest BCUT2D eigenvalue weighted by Crippen LogP contribution is -2.13. The van der Waals surface area contributed by atoms with Crippen molar-refractivity contribution >= 4 is 11.8 Å². The molecule has 0 aliphatic heterocycles. The minimum absolute atomic E-state index is 0.0766. The zero-order valence-corrected chi connectivity index (χ0v) is 12.0. The summed E-state index contributed by atoms with van der Waals surface area (Å²) in [4.78, 5) is 21.6. The Morgan fingerprint density at radius 3 is 1.95 bits per heavy atom. The van der Waals surface area contributed by atoms with Gasteiger partial charge in [-0.2, -0.15) is 0 Å². The molecule has 22 heavy (non-hydrogen) atoms. The Morgan fingerprint density at radius 1 is 1.00 bits per heavy atom. The van der Waals surface area contributed by atoms with E-state index in [0.717, 1.165) is 12.8 Å². The SMILES string of the molecule is CCCc1ccc(OC(=O)Oc2ccc([N+](=O)[O-])cc2)cc1. The number of rotatable bonds is 5. The molecule has 0 radical (unpaired) electrons. The van der Waals surface area contributed by atoms with E-state index >= 15 is 0 Å². The number of aryl methyl sites for hydroxylation is 1. The average Bonchev–Trinajstić information content (AvgIpc) is 2.50. The summed E-state index contributed by atoms with van der Waals surface area (Å²) < 4.78 is 9.98. The Hall–Kier alpha value is -2.89. The van der Waals surface area contributed by atoms with E-state index in [1.54, 1.807) is 12.1 Å². The summed E-state index contributed by atoms with van der Waals surface area (Å²) in [6.45, 7) is 2.09. The number of benzene rings is 2. The van der Waals surface area contributed by atoms with E-state index in [1.165, 1.54) is 29.8 Å². The molecule has 0 fully saturated rings. The van der Waals surface area contributed by atoms with Gasteiger partial charge in [-0.25, -0.2) is 4.79 Å². The van der Waals surface area contributed by atoms with Gasteiger partial charge >= 0.3 is 6.16 Å². The number of hydrogen-bond donors (Lipinski definition) is 0. The zero-order valence-electron chi connectivity index (χ0n) is 12.0. The van der Waals surface area contributed by atoms with Crippen LogP contribution in [0.1, 0.15) is 18.9 Å². The summed E-state index contributed by atoms with van der Waals surface area (Å²) in [5.74, 6) is 0.560. The molecular weight excluding hydrogens is 286 g/mol. The van der Waals surface area contributed by atoms with Crippen LogP contribution in [0, 0.1) is 10.1 Å². The van der Waals surface area contributed by atoms with Gasteiger partial charge in [0.2, 0.25) is 0 Å². The minimum Gasteiger partial charge on any atom is -0.395 e. The maximum absolute atomic E-state index is 11.6. The van der Waals surface area contributed by atoms with Crippen LogP contribution in [0.2, 0.25) is 0 Å². The van der Waals surface area contributed by atoms with Crippen molar-refractivity contribution in [2.24, 2.45) is 0 Å². The Labute approximate surface area is 127 Å². The molecule has 0 heterocycles. The second-order valence-electron chi connectivity index (χ2n) is 4.60. The first-order chi connectivity index (χ1) is 10.6. The van der Waals surface area contributed by atoms with Gasteiger partial charge in [-0.15, -0.1) is 0 Å². The zero-order chi connectivity index (χ0) is 15.9. The number of ether oxygens (including phenoxy) is 2. The van der Waals surface area contributed by atoms with Gasteiger partial charge in [-0.3, -0.25) is 10.1 Å². The van der Waals surface area contributed by atoms with E-state index in [4.69, 9.17) is 9.47 Å². The molecule has 2 rings (SSSR count). The Kier molecular flexibility index (Phi) is 5.08. The van der Waals surface area contributed by atoms with Gasteiger partial charge in [0.05, 0.1) is 4.92 Å². The summed E-state index contributed by atoms with van der Waals surface area (Å²) in [5, 5.41) is 10.5. The van der Waals surface area contributed by atoms with E-state index in [9.17, 15) is 14.9 Å². The van der Waals surface area contributed by atoms with Gasteiger partial charge in [-0.05, 0) is 36.2 Å². The topological polar surface area (TPSA) is 78.7 Å². The molecule has 0 aliphatic rings. The first-order valence-corrected chi connectivity index (χ1v) is 6.81. The second-order valence-corrected chi connectivity index (χ2v) is 4.60. The lowest BCUT2D eigenvalue weighted by atomic mass is 10.1. The number of carbonyl (C=O) groups is 1. The van der Waals surface area contributed by atoms with Crippen LogP contribution in [0.15, 0.2) is 48.5 Å². The lowest BCUT2D eigenvalue weighted by Gasteiger charge is -2.06. The molecule has 0 spiro atoms. The fourth-order valence-electron chi connectivity index (χ4n) is 1.86. The fraction of sp³-hybridized carbons (Fsp3) is 0.188. The second kappa shape index (κ2) is 7.21. The highest BCUT2D eigenvalue weighted by Gasteiger charge is 2.10. The molecule has 0 bridgehead atoms. The van der Waals surface area contributed by atoms with Crippen molar-refractivity contribution < 1.29 is 19.2 Å². The van der Waals surface area contributed by atoms with Gasteiger partial charge in [0.1, 0.15) is 11.5 Å². The van der Waals surface area contributed by atoms with Gasteiger partial charge in [-0.1, -0.05) is 25.5 Å². The molecule has 0 N–H and O–H groups in total. The van der Waals surface area contributed by atoms with Crippen molar-refractivity contribution in [1.29, 1.82) is 0 Å². The van der Waals surface area contributed by atoms with Crippen molar-refractivity contribution in [3.63, 3.8) is 0 Å². The molecule has 114 valence electrons. The van der Waals surface area contributed by atoms with Crippen molar-refractivity contribution in [1.82, 2.24) is 0 Å². The summed E-state index contributed by atoms with van der Waals surface area (Å²) in [5.41, 5.74) is 1.09. The number of nitro benzene ring substituents is 1. The Morgan fingerprint density at radius 2 is 1.50 bits per heavy atom. The third kappa shape index (κ3) is 4.31. The quantitative estimate of drug-likeness (QED) is 0.359. The molecule has 2 aromatic carbocycles. The van der Waals surface area contributed by atoms with Gasteiger partial charge in [0.25, 0.3) is 5.69 Å². The highest BCUT2D eigenvalue weighted by atomic mass is 16.7. The molecular formula is C16H15NO5. The number of nitrogens with zero attached hydrogens (tertiary/aromatic N) is 1. The summed E-state index contributed by atoms with van der Waals surface area (Å²) in [6.07, 6.45) is 1.12. The smallest absolute Gasteiger partial charge is 0.395 e. The lowest BCUT2D eigenvalue weighted by molar-refractivity contribution is -0.384. The maximum atomic E-state index is 11.6. The van der Waals surface area contributed by atoms with E-state index < -0.39 is 11.1 Å². The van der Waals surface area contributed by atoms with Crippen LogP contribution in [0.5, 0.6) is 11.5 Å². The van der Waals surface area contributed by atoms with Crippen LogP contribution in [-0.2, 0) is 6.42 Å². The summed E-state index contributed by atoms with van der Waals surface area (Å²) >= 11 is 0. The minimum atomic E-state index is -0.892. The standard InChI is InChI=1S/C16H15NO5/c1-2-3-12-4-8-14(9-5-12)21-16(18)22-15-10-6-13(7-11-15)17(19)20/h4-11H,2-3H2,1H3. The normalized spacial score (nSPS) is 10.0. The molecule has 0 saturated carbocycles. The van der Waals surface area contributed by atoms with Crippen molar-refractivity contribution in [2.45, 2.75) is 19.8 Å². The Balaban J connectivity index is 1.93. The molecule has 0 unspecified atom stereocenters. The van der Waals surface area contributed by atoms with Crippen LogP contribution in [0.25, 0.3) is 0 Å². The van der Waals surface area contributed by atoms with Crippen LogP contribution in [-0.4, -0.2) is 11.1 Å². The predicted molar refractivity (Wildman–Crippen MR) is 80.2 cm³/mol. The van der Waals surface area contributed by atoms with Gasteiger partial charge in [0.15, 0.2) is 0 Å². The van der Waals surface area contributed by atoms with Crippen molar-refractivity contribution in [3.05, 3.63) is 64.2 Å². The third-order valence-corrected chi connectivity index (χ3v) is 2.91. The highest BCUT2D eigenvalue weighted by Crippen LogP contribution is 2.19. The molecule has 6 nitrogen and oxygen atoms in total. The van der Waals surface area contributed by atoms with E-state index in [0.29, 0.717) is 5.75 Å². The summed E-state index contributed by atoms with van der Waals surface area (Å²) in [7, 11) is 0. The van der Waals surface area contributed by atoms with E-state index in [1.807, 2.05) is 12.1 Å². The van der Waals surface area contributed by atoms with Crippen LogP contribution >= 0.6 is 0 Å². The first kappa shape index (κ1) is 15.5. The van der Waals surface area contributed by atoms with Gasteiger partial charge in [0, 0.05) is 12.1 Å².